The summed E-state index contributed by atoms with van der Waals surface area (Å²) < 4.78 is 5.49. The summed E-state index contributed by atoms with van der Waals surface area (Å²) in [5.41, 5.74) is 1.04. The van der Waals surface area contributed by atoms with Crippen molar-refractivity contribution in [2.75, 3.05) is 33.4 Å². The van der Waals surface area contributed by atoms with Crippen LogP contribution in [0.2, 0.25) is 0 Å². The highest BCUT2D eigenvalue weighted by Crippen LogP contribution is 2.30. The highest BCUT2D eigenvalue weighted by atomic mass is 16.5. The van der Waals surface area contributed by atoms with Crippen molar-refractivity contribution in [2.24, 2.45) is 0 Å². The standard InChI is InChI=1S/C14H20N2O3/c1-3-19-12-6-4-5-11(9-12)13-10-15(2)14(18)16(13)7-8-17/h4-6,9,13,17H,3,7-8,10H2,1-2H3. The number of hydrogen-bond acceptors (Lipinski definition) is 3. The lowest BCUT2D eigenvalue weighted by atomic mass is 10.1. The molecule has 0 aromatic heterocycles. The number of aliphatic hydroxyl groups is 1. The minimum absolute atomic E-state index is 0.0231. The molecule has 0 radical (unpaired) electrons. The van der Waals surface area contributed by atoms with Gasteiger partial charge in [-0.05, 0) is 24.6 Å². The minimum Gasteiger partial charge on any atom is -0.494 e. The number of rotatable bonds is 5. The van der Waals surface area contributed by atoms with Gasteiger partial charge in [-0.1, -0.05) is 12.1 Å². The second kappa shape index (κ2) is 5.93. The van der Waals surface area contributed by atoms with Crippen molar-refractivity contribution in [3.05, 3.63) is 29.8 Å². The van der Waals surface area contributed by atoms with Crippen LogP contribution in [0.25, 0.3) is 0 Å². The lowest BCUT2D eigenvalue weighted by Crippen LogP contribution is -2.33. The monoisotopic (exact) mass is 264 g/mol. The second-order valence-corrected chi connectivity index (χ2v) is 4.60. The van der Waals surface area contributed by atoms with Crippen LogP contribution in [0.3, 0.4) is 0 Å². The third-order valence-electron chi connectivity index (χ3n) is 3.29. The fraction of sp³-hybridized carbons (Fsp3) is 0.500. The molecular formula is C14H20N2O3. The predicted octanol–water partition coefficient (Wildman–Crippen LogP) is 1.49. The molecule has 1 aromatic rings. The molecule has 2 rings (SSSR count). The number of β-amino-alcohol motifs (C(OH)–C–C–N with tert-alkyl or cyclic N) is 1. The number of aliphatic hydroxyl groups excluding tert-OH is 1. The van der Waals surface area contributed by atoms with Gasteiger partial charge in [-0.3, -0.25) is 0 Å². The Morgan fingerprint density at radius 3 is 2.95 bits per heavy atom. The van der Waals surface area contributed by atoms with Gasteiger partial charge in [0.1, 0.15) is 5.75 Å². The third-order valence-corrected chi connectivity index (χ3v) is 3.29. The number of ether oxygens (including phenoxy) is 1. The average Bonchev–Trinajstić information content (AvgIpc) is 2.68. The normalized spacial score (nSPS) is 19.1. The van der Waals surface area contributed by atoms with E-state index in [4.69, 9.17) is 9.84 Å². The molecule has 1 aliphatic heterocycles. The van der Waals surface area contributed by atoms with Gasteiger partial charge in [-0.15, -0.1) is 0 Å². The Balaban J connectivity index is 2.24. The molecule has 1 unspecified atom stereocenters. The molecule has 0 spiro atoms. The van der Waals surface area contributed by atoms with Crippen molar-refractivity contribution in [1.29, 1.82) is 0 Å². The van der Waals surface area contributed by atoms with Crippen LogP contribution in [0.5, 0.6) is 5.75 Å². The molecule has 19 heavy (non-hydrogen) atoms. The van der Waals surface area contributed by atoms with Crippen LogP contribution >= 0.6 is 0 Å². The summed E-state index contributed by atoms with van der Waals surface area (Å²) in [5.74, 6) is 0.811. The van der Waals surface area contributed by atoms with E-state index in [0.717, 1.165) is 11.3 Å². The van der Waals surface area contributed by atoms with Crippen LogP contribution in [-0.2, 0) is 0 Å². The van der Waals surface area contributed by atoms with Crippen LogP contribution in [-0.4, -0.2) is 54.3 Å². The van der Waals surface area contributed by atoms with Crippen molar-refractivity contribution in [3.8, 4) is 5.75 Å². The molecule has 1 N–H and O–H groups in total. The largest absolute Gasteiger partial charge is 0.494 e. The second-order valence-electron chi connectivity index (χ2n) is 4.60. The number of nitrogens with zero attached hydrogens (tertiary/aromatic N) is 2. The van der Waals surface area contributed by atoms with E-state index in [-0.39, 0.29) is 18.7 Å². The quantitative estimate of drug-likeness (QED) is 0.876. The number of benzene rings is 1. The lowest BCUT2D eigenvalue weighted by Gasteiger charge is -2.22. The van der Waals surface area contributed by atoms with Crippen molar-refractivity contribution in [1.82, 2.24) is 9.80 Å². The molecule has 1 heterocycles. The van der Waals surface area contributed by atoms with Crippen molar-refractivity contribution in [2.45, 2.75) is 13.0 Å². The molecule has 2 amide bonds. The van der Waals surface area contributed by atoms with Crippen LogP contribution in [0.15, 0.2) is 24.3 Å². The zero-order valence-corrected chi connectivity index (χ0v) is 11.4. The van der Waals surface area contributed by atoms with Gasteiger partial charge in [0.15, 0.2) is 0 Å². The summed E-state index contributed by atoms with van der Waals surface area (Å²) >= 11 is 0. The molecule has 0 bridgehead atoms. The van der Waals surface area contributed by atoms with E-state index in [1.807, 2.05) is 31.2 Å². The summed E-state index contributed by atoms with van der Waals surface area (Å²) in [6.07, 6.45) is 0. The minimum atomic E-state index is -0.0409. The van der Waals surface area contributed by atoms with Gasteiger partial charge in [-0.2, -0.15) is 0 Å². The van der Waals surface area contributed by atoms with E-state index in [9.17, 15) is 4.79 Å². The van der Waals surface area contributed by atoms with E-state index in [1.165, 1.54) is 0 Å². The topological polar surface area (TPSA) is 53.0 Å². The molecule has 5 nitrogen and oxygen atoms in total. The molecule has 0 saturated carbocycles. The van der Waals surface area contributed by atoms with Gasteiger partial charge in [0.25, 0.3) is 0 Å². The Kier molecular flexibility index (Phi) is 4.27. The number of carbonyl (C=O) groups excluding carboxylic acids is 1. The van der Waals surface area contributed by atoms with Crippen molar-refractivity contribution < 1.29 is 14.6 Å². The maximum atomic E-state index is 12.0. The van der Waals surface area contributed by atoms with E-state index in [0.29, 0.717) is 19.7 Å². The number of likely N-dealkylation sites (N-methyl/N-ethyl adjacent to an activating group) is 1. The highest BCUT2D eigenvalue weighted by Gasteiger charge is 2.35. The fourth-order valence-electron chi connectivity index (χ4n) is 2.41. The number of amides is 2. The first-order valence-electron chi connectivity index (χ1n) is 6.52. The first-order valence-corrected chi connectivity index (χ1v) is 6.52. The zero-order chi connectivity index (χ0) is 13.8. The summed E-state index contributed by atoms with van der Waals surface area (Å²) in [6, 6.07) is 7.73. The zero-order valence-electron chi connectivity index (χ0n) is 11.4. The van der Waals surface area contributed by atoms with Gasteiger partial charge in [0, 0.05) is 20.1 Å². The van der Waals surface area contributed by atoms with Crippen LogP contribution < -0.4 is 4.74 Å². The van der Waals surface area contributed by atoms with E-state index >= 15 is 0 Å². The van der Waals surface area contributed by atoms with Gasteiger partial charge in [0.05, 0.1) is 19.3 Å². The Morgan fingerprint density at radius 1 is 1.47 bits per heavy atom. The van der Waals surface area contributed by atoms with Crippen LogP contribution in [0, 0.1) is 0 Å². The van der Waals surface area contributed by atoms with Crippen LogP contribution in [0.1, 0.15) is 18.5 Å². The molecule has 1 aliphatic rings. The van der Waals surface area contributed by atoms with Crippen molar-refractivity contribution >= 4 is 6.03 Å². The first-order chi connectivity index (χ1) is 9.17. The maximum Gasteiger partial charge on any atom is 0.320 e. The number of carbonyl (C=O) groups is 1. The number of hydrogen-bond donors (Lipinski definition) is 1. The van der Waals surface area contributed by atoms with Gasteiger partial charge in [0.2, 0.25) is 0 Å². The van der Waals surface area contributed by atoms with Gasteiger partial charge >= 0.3 is 6.03 Å². The molecular weight excluding hydrogens is 244 g/mol. The molecule has 1 atom stereocenters. The SMILES string of the molecule is CCOc1cccc(C2CN(C)C(=O)N2CCO)c1. The lowest BCUT2D eigenvalue weighted by molar-refractivity contribution is 0.171. The smallest absolute Gasteiger partial charge is 0.320 e. The van der Waals surface area contributed by atoms with E-state index < -0.39 is 0 Å². The van der Waals surface area contributed by atoms with Crippen molar-refractivity contribution in [3.63, 3.8) is 0 Å². The van der Waals surface area contributed by atoms with Crippen LogP contribution in [0.4, 0.5) is 4.79 Å². The maximum absolute atomic E-state index is 12.0. The summed E-state index contributed by atoms with van der Waals surface area (Å²) in [7, 11) is 1.78. The number of urea groups is 1. The molecule has 1 fully saturated rings. The average molecular weight is 264 g/mol. The van der Waals surface area contributed by atoms with Gasteiger partial charge < -0.3 is 19.6 Å². The molecule has 1 saturated heterocycles. The Labute approximate surface area is 113 Å². The summed E-state index contributed by atoms with van der Waals surface area (Å²) in [6.45, 7) is 3.52. The first kappa shape index (κ1) is 13.7. The van der Waals surface area contributed by atoms with E-state index in [2.05, 4.69) is 0 Å². The molecule has 104 valence electrons. The third kappa shape index (κ3) is 2.81. The molecule has 0 aliphatic carbocycles. The molecule has 5 heteroatoms. The highest BCUT2D eigenvalue weighted by molar-refractivity contribution is 5.77. The molecule has 1 aromatic carbocycles. The summed E-state index contributed by atoms with van der Waals surface area (Å²) in [4.78, 5) is 15.4. The predicted molar refractivity (Wildman–Crippen MR) is 72.2 cm³/mol. The summed E-state index contributed by atoms with van der Waals surface area (Å²) in [5, 5.41) is 9.10. The van der Waals surface area contributed by atoms with Gasteiger partial charge in [-0.25, -0.2) is 4.79 Å². The Hall–Kier alpha value is -1.75. The fourth-order valence-corrected chi connectivity index (χ4v) is 2.41. The van der Waals surface area contributed by atoms with E-state index in [1.54, 1.807) is 16.8 Å². The Bertz CT molecular complexity index is 450. The Morgan fingerprint density at radius 2 is 2.26 bits per heavy atom.